The summed E-state index contributed by atoms with van der Waals surface area (Å²) >= 11 is 0. The van der Waals surface area contributed by atoms with E-state index in [1.807, 2.05) is 20.8 Å². The van der Waals surface area contributed by atoms with Crippen LogP contribution in [0.2, 0.25) is 0 Å². The standard InChI is InChI=1S/C16H20N4O4/c1-9(2)20-7-12(14(21)13(8-20)16(23)24)15(22)17-5-11-6-18-19(4)10(11)3/h6-9H,5H2,1-4H3,(H,17,22)(H,23,24). The molecule has 2 rings (SSSR count). The number of carbonyl (C=O) groups is 2. The Labute approximate surface area is 138 Å². The van der Waals surface area contributed by atoms with Gasteiger partial charge < -0.3 is 15.0 Å². The zero-order valence-electron chi connectivity index (χ0n) is 14.0. The highest BCUT2D eigenvalue weighted by molar-refractivity contribution is 5.96. The van der Waals surface area contributed by atoms with Gasteiger partial charge in [0.2, 0.25) is 5.43 Å². The molecule has 8 heteroatoms. The van der Waals surface area contributed by atoms with Gasteiger partial charge in [0, 0.05) is 43.3 Å². The molecule has 2 N–H and O–H groups in total. The highest BCUT2D eigenvalue weighted by Crippen LogP contribution is 2.08. The van der Waals surface area contributed by atoms with E-state index in [4.69, 9.17) is 5.11 Å². The molecule has 2 heterocycles. The first-order chi connectivity index (χ1) is 11.2. The summed E-state index contributed by atoms with van der Waals surface area (Å²) < 4.78 is 3.22. The van der Waals surface area contributed by atoms with E-state index in [1.165, 1.54) is 17.0 Å². The summed E-state index contributed by atoms with van der Waals surface area (Å²) in [6.07, 6.45) is 4.26. The number of amides is 1. The Kier molecular flexibility index (Phi) is 4.87. The second kappa shape index (κ2) is 6.69. The first-order valence-electron chi connectivity index (χ1n) is 7.47. The molecule has 0 aromatic carbocycles. The third kappa shape index (κ3) is 3.37. The molecule has 0 saturated carbocycles. The monoisotopic (exact) mass is 332 g/mol. The predicted octanol–water partition coefficient (Wildman–Crippen LogP) is 1.10. The summed E-state index contributed by atoms with van der Waals surface area (Å²) in [6.45, 7) is 5.73. The van der Waals surface area contributed by atoms with Crippen molar-refractivity contribution in [2.75, 3.05) is 0 Å². The number of pyridine rings is 1. The van der Waals surface area contributed by atoms with Crippen LogP contribution in [0.25, 0.3) is 0 Å². The van der Waals surface area contributed by atoms with E-state index in [0.717, 1.165) is 11.3 Å². The first kappa shape index (κ1) is 17.5. The van der Waals surface area contributed by atoms with Gasteiger partial charge in [0.25, 0.3) is 5.91 Å². The van der Waals surface area contributed by atoms with Crippen LogP contribution in [0.15, 0.2) is 23.4 Å². The normalized spacial score (nSPS) is 10.9. The minimum absolute atomic E-state index is 0.0872. The molecule has 0 aliphatic heterocycles. The number of aryl methyl sites for hydroxylation is 1. The molecule has 8 nitrogen and oxygen atoms in total. The quantitative estimate of drug-likeness (QED) is 0.853. The van der Waals surface area contributed by atoms with Crippen molar-refractivity contribution in [3.63, 3.8) is 0 Å². The molecule has 0 unspecified atom stereocenters. The fourth-order valence-electron chi connectivity index (χ4n) is 2.20. The van der Waals surface area contributed by atoms with Crippen LogP contribution < -0.4 is 10.7 Å². The van der Waals surface area contributed by atoms with Crippen LogP contribution in [0.4, 0.5) is 0 Å². The lowest BCUT2D eigenvalue weighted by molar-refractivity contribution is 0.0694. The average molecular weight is 332 g/mol. The zero-order chi connectivity index (χ0) is 18.0. The first-order valence-corrected chi connectivity index (χ1v) is 7.47. The van der Waals surface area contributed by atoms with Gasteiger partial charge in [-0.05, 0) is 20.8 Å². The van der Waals surface area contributed by atoms with Crippen molar-refractivity contribution in [2.45, 2.75) is 33.4 Å². The van der Waals surface area contributed by atoms with Crippen LogP contribution in [0.5, 0.6) is 0 Å². The van der Waals surface area contributed by atoms with Crippen molar-refractivity contribution in [3.8, 4) is 0 Å². The van der Waals surface area contributed by atoms with E-state index in [1.54, 1.807) is 17.9 Å². The number of carboxylic acid groups (broad SMARTS) is 1. The lowest BCUT2D eigenvalue weighted by Gasteiger charge is -2.14. The molecule has 2 aromatic heterocycles. The molecule has 0 aliphatic carbocycles. The number of hydrogen-bond donors (Lipinski definition) is 2. The summed E-state index contributed by atoms with van der Waals surface area (Å²) in [6, 6.07) is -0.0872. The van der Waals surface area contributed by atoms with Crippen molar-refractivity contribution in [1.82, 2.24) is 19.7 Å². The fourth-order valence-corrected chi connectivity index (χ4v) is 2.20. The summed E-state index contributed by atoms with van der Waals surface area (Å²) in [5, 5.41) is 15.9. The maximum atomic E-state index is 12.4. The van der Waals surface area contributed by atoms with Crippen LogP contribution in [-0.2, 0) is 13.6 Å². The Morgan fingerprint density at radius 1 is 1.29 bits per heavy atom. The number of nitrogens with one attached hydrogen (secondary N) is 1. The van der Waals surface area contributed by atoms with E-state index >= 15 is 0 Å². The van der Waals surface area contributed by atoms with Gasteiger partial charge >= 0.3 is 5.97 Å². The van der Waals surface area contributed by atoms with Crippen molar-refractivity contribution in [2.24, 2.45) is 7.05 Å². The highest BCUT2D eigenvalue weighted by atomic mass is 16.4. The van der Waals surface area contributed by atoms with Gasteiger partial charge in [-0.1, -0.05) is 0 Å². The smallest absolute Gasteiger partial charge is 0.341 e. The molecule has 1 amide bonds. The lowest BCUT2D eigenvalue weighted by Crippen LogP contribution is -2.32. The zero-order valence-corrected chi connectivity index (χ0v) is 14.0. The number of carbonyl (C=O) groups excluding carboxylic acids is 1. The van der Waals surface area contributed by atoms with Gasteiger partial charge in [-0.15, -0.1) is 0 Å². The molecule has 0 atom stereocenters. The Hall–Kier alpha value is -2.90. The summed E-state index contributed by atoms with van der Waals surface area (Å²) in [7, 11) is 1.79. The lowest BCUT2D eigenvalue weighted by atomic mass is 10.1. The Bertz CT molecular complexity index is 848. The van der Waals surface area contributed by atoms with Crippen molar-refractivity contribution in [3.05, 3.63) is 51.2 Å². The maximum Gasteiger partial charge on any atom is 0.341 e. The number of aromatic carboxylic acids is 1. The largest absolute Gasteiger partial charge is 0.477 e. The number of rotatable bonds is 5. The minimum atomic E-state index is -1.35. The molecule has 0 spiro atoms. The van der Waals surface area contributed by atoms with Gasteiger partial charge in [0.1, 0.15) is 11.1 Å². The van der Waals surface area contributed by atoms with Gasteiger partial charge in [0.15, 0.2) is 0 Å². The second-order valence-electron chi connectivity index (χ2n) is 5.82. The van der Waals surface area contributed by atoms with Crippen LogP contribution in [0.3, 0.4) is 0 Å². The van der Waals surface area contributed by atoms with Gasteiger partial charge in [0.05, 0.1) is 6.20 Å². The van der Waals surface area contributed by atoms with Crippen molar-refractivity contribution in [1.29, 1.82) is 0 Å². The minimum Gasteiger partial charge on any atom is -0.477 e. The van der Waals surface area contributed by atoms with Crippen LogP contribution >= 0.6 is 0 Å². The van der Waals surface area contributed by atoms with E-state index < -0.39 is 22.9 Å². The van der Waals surface area contributed by atoms with E-state index in [9.17, 15) is 14.4 Å². The average Bonchev–Trinajstić information content (AvgIpc) is 2.84. The topological polar surface area (TPSA) is 106 Å². The highest BCUT2D eigenvalue weighted by Gasteiger charge is 2.19. The van der Waals surface area contributed by atoms with Gasteiger partial charge in [-0.3, -0.25) is 14.3 Å². The SMILES string of the molecule is Cc1c(CNC(=O)c2cn(C(C)C)cc(C(=O)O)c2=O)cnn1C. The molecule has 128 valence electrons. The number of nitrogens with zero attached hydrogens (tertiary/aromatic N) is 3. The molecule has 2 aromatic rings. The Balaban J connectivity index is 2.33. The predicted molar refractivity (Wildman–Crippen MR) is 87.2 cm³/mol. The molecule has 0 aliphatic rings. The summed E-state index contributed by atoms with van der Waals surface area (Å²) in [5.41, 5.74) is 0.317. The maximum absolute atomic E-state index is 12.4. The van der Waals surface area contributed by atoms with Crippen molar-refractivity contribution < 1.29 is 14.7 Å². The molecule has 0 radical (unpaired) electrons. The fraction of sp³-hybridized carbons (Fsp3) is 0.375. The third-order valence-electron chi connectivity index (χ3n) is 3.89. The summed E-state index contributed by atoms with van der Waals surface area (Å²) in [4.78, 5) is 35.8. The van der Waals surface area contributed by atoms with E-state index in [0.29, 0.717) is 0 Å². The van der Waals surface area contributed by atoms with Crippen LogP contribution in [-0.4, -0.2) is 31.3 Å². The van der Waals surface area contributed by atoms with Crippen LogP contribution in [0, 0.1) is 6.92 Å². The summed E-state index contributed by atoms with van der Waals surface area (Å²) in [5.74, 6) is -1.96. The van der Waals surface area contributed by atoms with Gasteiger partial charge in [-0.25, -0.2) is 4.79 Å². The molecule has 24 heavy (non-hydrogen) atoms. The Morgan fingerprint density at radius 3 is 2.42 bits per heavy atom. The van der Waals surface area contributed by atoms with E-state index in [-0.39, 0.29) is 18.2 Å². The third-order valence-corrected chi connectivity index (χ3v) is 3.89. The number of aromatic nitrogens is 3. The molecular weight excluding hydrogens is 312 g/mol. The molecule has 0 bridgehead atoms. The van der Waals surface area contributed by atoms with Gasteiger partial charge in [-0.2, -0.15) is 5.10 Å². The molecule has 0 fully saturated rings. The number of hydrogen-bond acceptors (Lipinski definition) is 4. The molecular formula is C16H20N4O4. The second-order valence-corrected chi connectivity index (χ2v) is 5.82. The van der Waals surface area contributed by atoms with Crippen molar-refractivity contribution >= 4 is 11.9 Å². The van der Waals surface area contributed by atoms with Crippen LogP contribution in [0.1, 0.15) is 51.9 Å². The Morgan fingerprint density at radius 2 is 1.92 bits per heavy atom. The number of carboxylic acids is 1. The molecule has 0 saturated heterocycles. The van der Waals surface area contributed by atoms with E-state index in [2.05, 4.69) is 10.4 Å².